The summed E-state index contributed by atoms with van der Waals surface area (Å²) >= 11 is 0. The van der Waals surface area contributed by atoms with Gasteiger partial charge in [0.05, 0.1) is 4.92 Å². The normalized spacial score (nSPS) is 10.3. The Kier molecular flexibility index (Phi) is 3.46. The molecule has 0 spiro atoms. The van der Waals surface area contributed by atoms with Crippen LogP contribution in [0.15, 0.2) is 30.3 Å². The molecule has 98 valence electrons. The lowest BCUT2D eigenvalue weighted by molar-refractivity contribution is -0.384. The molecule has 1 N–H and O–H groups in total. The van der Waals surface area contributed by atoms with Crippen molar-refractivity contribution in [2.24, 2.45) is 0 Å². The first-order chi connectivity index (χ1) is 8.97. The Balaban J connectivity index is 2.47. The molecule has 0 aliphatic carbocycles. The highest BCUT2D eigenvalue weighted by molar-refractivity contribution is 5.68. The quantitative estimate of drug-likeness (QED) is 0.673. The highest BCUT2D eigenvalue weighted by Crippen LogP contribution is 2.29. The van der Waals surface area contributed by atoms with E-state index in [0.717, 1.165) is 16.9 Å². The van der Waals surface area contributed by atoms with Gasteiger partial charge in [-0.2, -0.15) is 0 Å². The van der Waals surface area contributed by atoms with Crippen molar-refractivity contribution in [2.45, 2.75) is 20.8 Å². The molecule has 0 saturated heterocycles. The first-order valence-electron chi connectivity index (χ1n) is 5.93. The number of nitrogens with one attached hydrogen (secondary N) is 1. The molecular formula is C14H15N3O2. The van der Waals surface area contributed by atoms with E-state index in [0.29, 0.717) is 5.56 Å². The van der Waals surface area contributed by atoms with Crippen LogP contribution in [-0.4, -0.2) is 9.91 Å². The number of anilines is 2. The Morgan fingerprint density at radius 3 is 2.58 bits per heavy atom. The molecule has 1 heterocycles. The van der Waals surface area contributed by atoms with Gasteiger partial charge in [-0.15, -0.1) is 0 Å². The fraction of sp³-hybridized carbons (Fsp3) is 0.214. The Morgan fingerprint density at radius 2 is 1.95 bits per heavy atom. The van der Waals surface area contributed by atoms with Crippen molar-refractivity contribution in [2.75, 3.05) is 5.32 Å². The second kappa shape index (κ2) is 5.06. The molecule has 0 unspecified atom stereocenters. The number of aryl methyl sites for hydroxylation is 3. The maximum Gasteiger partial charge on any atom is 0.314 e. The van der Waals surface area contributed by atoms with Crippen LogP contribution in [0, 0.1) is 30.9 Å². The number of rotatable bonds is 3. The summed E-state index contributed by atoms with van der Waals surface area (Å²) in [5.74, 6) is 0.285. The lowest BCUT2D eigenvalue weighted by Gasteiger charge is -2.09. The van der Waals surface area contributed by atoms with Gasteiger partial charge in [0.15, 0.2) is 0 Å². The van der Waals surface area contributed by atoms with E-state index >= 15 is 0 Å². The van der Waals surface area contributed by atoms with Crippen molar-refractivity contribution >= 4 is 17.2 Å². The molecule has 0 bridgehead atoms. The van der Waals surface area contributed by atoms with E-state index in [1.807, 2.05) is 38.1 Å². The molecule has 5 nitrogen and oxygen atoms in total. The second-order valence-corrected chi connectivity index (χ2v) is 4.53. The third-order valence-electron chi connectivity index (χ3n) is 2.77. The number of pyridine rings is 1. The molecule has 19 heavy (non-hydrogen) atoms. The number of nitrogens with zero attached hydrogens (tertiary/aromatic N) is 2. The van der Waals surface area contributed by atoms with E-state index in [1.54, 1.807) is 13.0 Å². The summed E-state index contributed by atoms with van der Waals surface area (Å²) in [6.45, 7) is 5.50. The lowest BCUT2D eigenvalue weighted by atomic mass is 10.2. The van der Waals surface area contributed by atoms with Crippen LogP contribution in [0.1, 0.15) is 16.8 Å². The first kappa shape index (κ1) is 13.0. The van der Waals surface area contributed by atoms with Gasteiger partial charge in [0.2, 0.25) is 5.82 Å². The monoisotopic (exact) mass is 257 g/mol. The van der Waals surface area contributed by atoms with Crippen LogP contribution >= 0.6 is 0 Å². The molecule has 0 radical (unpaired) electrons. The van der Waals surface area contributed by atoms with Gasteiger partial charge in [-0.25, -0.2) is 4.98 Å². The topological polar surface area (TPSA) is 68.1 Å². The average molecular weight is 257 g/mol. The van der Waals surface area contributed by atoms with Crippen LogP contribution in [0.4, 0.5) is 17.2 Å². The summed E-state index contributed by atoms with van der Waals surface area (Å²) in [6.07, 6.45) is 0. The molecular weight excluding hydrogens is 242 g/mol. The van der Waals surface area contributed by atoms with Crippen molar-refractivity contribution in [3.8, 4) is 0 Å². The van der Waals surface area contributed by atoms with Gasteiger partial charge < -0.3 is 5.32 Å². The molecule has 1 aromatic heterocycles. The van der Waals surface area contributed by atoms with Crippen molar-refractivity contribution in [3.63, 3.8) is 0 Å². The Hall–Kier alpha value is -2.43. The maximum atomic E-state index is 11.1. The van der Waals surface area contributed by atoms with Gasteiger partial charge >= 0.3 is 5.69 Å². The van der Waals surface area contributed by atoms with E-state index in [2.05, 4.69) is 10.3 Å². The number of benzene rings is 1. The largest absolute Gasteiger partial charge is 0.334 e. The predicted molar refractivity (Wildman–Crippen MR) is 74.8 cm³/mol. The highest BCUT2D eigenvalue weighted by Gasteiger charge is 2.19. The molecule has 2 rings (SSSR count). The second-order valence-electron chi connectivity index (χ2n) is 4.53. The zero-order valence-corrected chi connectivity index (χ0v) is 11.1. The first-order valence-corrected chi connectivity index (χ1v) is 5.93. The summed E-state index contributed by atoms with van der Waals surface area (Å²) in [5, 5.41) is 14.2. The third-order valence-corrected chi connectivity index (χ3v) is 2.77. The van der Waals surface area contributed by atoms with Crippen LogP contribution < -0.4 is 5.32 Å². The summed E-state index contributed by atoms with van der Waals surface area (Å²) in [4.78, 5) is 15.0. The van der Waals surface area contributed by atoms with Gasteiger partial charge in [-0.3, -0.25) is 10.1 Å². The van der Waals surface area contributed by atoms with Crippen LogP contribution in [0.2, 0.25) is 0 Å². The van der Waals surface area contributed by atoms with Crippen LogP contribution in [0.25, 0.3) is 0 Å². The van der Waals surface area contributed by atoms with Crippen LogP contribution in [-0.2, 0) is 0 Å². The Labute approximate surface area is 111 Å². The molecule has 2 aromatic rings. The van der Waals surface area contributed by atoms with Crippen molar-refractivity contribution < 1.29 is 4.92 Å². The maximum absolute atomic E-state index is 11.1. The predicted octanol–water partition coefficient (Wildman–Crippen LogP) is 3.66. The molecule has 0 saturated carbocycles. The zero-order valence-electron chi connectivity index (χ0n) is 11.1. The van der Waals surface area contributed by atoms with E-state index in [9.17, 15) is 10.1 Å². The van der Waals surface area contributed by atoms with Gasteiger partial charge in [0.1, 0.15) is 0 Å². The van der Waals surface area contributed by atoms with Crippen molar-refractivity contribution in [1.29, 1.82) is 0 Å². The summed E-state index contributed by atoms with van der Waals surface area (Å²) in [5.41, 5.74) is 3.25. The van der Waals surface area contributed by atoms with Crippen LogP contribution in [0.5, 0.6) is 0 Å². The van der Waals surface area contributed by atoms with E-state index < -0.39 is 4.92 Å². The lowest BCUT2D eigenvalue weighted by Crippen LogP contribution is -2.03. The van der Waals surface area contributed by atoms with Gasteiger partial charge in [0, 0.05) is 16.9 Å². The summed E-state index contributed by atoms with van der Waals surface area (Å²) in [7, 11) is 0. The van der Waals surface area contributed by atoms with Crippen molar-refractivity contribution in [1.82, 2.24) is 4.98 Å². The molecule has 0 aliphatic heterocycles. The Bertz CT molecular complexity index is 639. The fourth-order valence-corrected chi connectivity index (χ4v) is 2.01. The summed E-state index contributed by atoms with van der Waals surface area (Å²) < 4.78 is 0. The average Bonchev–Trinajstić information content (AvgIpc) is 2.26. The standard InChI is InChI=1S/C14H15N3O2/c1-9-5-4-6-12(7-9)16-14-13(17(18)19)10(2)8-11(3)15-14/h4-8H,1-3H3,(H,15,16). The van der Waals surface area contributed by atoms with Crippen LogP contribution in [0.3, 0.4) is 0 Å². The van der Waals surface area contributed by atoms with Crippen molar-refractivity contribution in [3.05, 3.63) is 57.3 Å². The zero-order chi connectivity index (χ0) is 14.0. The minimum absolute atomic E-state index is 0.0205. The molecule has 0 aliphatic rings. The Morgan fingerprint density at radius 1 is 1.21 bits per heavy atom. The van der Waals surface area contributed by atoms with E-state index in [1.165, 1.54) is 0 Å². The number of nitro groups is 1. The third kappa shape index (κ3) is 2.88. The highest BCUT2D eigenvalue weighted by atomic mass is 16.6. The number of hydrogen-bond acceptors (Lipinski definition) is 4. The van der Waals surface area contributed by atoms with Gasteiger partial charge in [-0.1, -0.05) is 12.1 Å². The molecule has 0 fully saturated rings. The van der Waals surface area contributed by atoms with E-state index in [4.69, 9.17) is 0 Å². The fourth-order valence-electron chi connectivity index (χ4n) is 2.01. The smallest absolute Gasteiger partial charge is 0.314 e. The molecule has 5 heteroatoms. The minimum atomic E-state index is -0.403. The van der Waals surface area contributed by atoms with Gasteiger partial charge in [-0.05, 0) is 44.5 Å². The number of aromatic nitrogens is 1. The molecule has 0 atom stereocenters. The summed E-state index contributed by atoms with van der Waals surface area (Å²) in [6, 6.07) is 9.35. The van der Waals surface area contributed by atoms with E-state index in [-0.39, 0.29) is 11.5 Å². The number of hydrogen-bond donors (Lipinski definition) is 1. The minimum Gasteiger partial charge on any atom is -0.334 e. The molecule has 1 aromatic carbocycles. The molecule has 0 amide bonds. The SMILES string of the molecule is Cc1cccc(Nc2nc(C)cc(C)c2[N+](=O)[O-])c1. The van der Waals surface area contributed by atoms with Gasteiger partial charge in [0.25, 0.3) is 0 Å².